The van der Waals surface area contributed by atoms with Gasteiger partial charge < -0.3 is 9.64 Å². The molecule has 2 aromatic carbocycles. The largest absolute Gasteiger partial charge is 0.494 e. The zero-order valence-electron chi connectivity index (χ0n) is 17.9. The van der Waals surface area contributed by atoms with Crippen LogP contribution in [0.25, 0.3) is 5.70 Å². The first-order valence-corrected chi connectivity index (χ1v) is 10.8. The average Bonchev–Trinajstić information content (AvgIpc) is 2.77. The maximum absolute atomic E-state index is 14.4. The third-order valence-electron chi connectivity index (χ3n) is 5.65. The molecule has 2 aliphatic rings. The van der Waals surface area contributed by atoms with Crippen molar-refractivity contribution in [1.29, 1.82) is 0 Å². The Kier molecular flexibility index (Phi) is 6.80. The highest BCUT2D eigenvalue weighted by atomic mass is 35.5. The summed E-state index contributed by atoms with van der Waals surface area (Å²) in [5.74, 6) is -0.131. The third-order valence-corrected chi connectivity index (χ3v) is 5.90. The Morgan fingerprint density at radius 2 is 1.77 bits per heavy atom. The molecule has 4 rings (SSSR count). The molecule has 1 saturated heterocycles. The van der Waals surface area contributed by atoms with E-state index in [0.717, 1.165) is 54.6 Å². The van der Waals surface area contributed by atoms with Crippen LogP contribution in [0.5, 0.6) is 5.75 Å². The maximum atomic E-state index is 14.4. The van der Waals surface area contributed by atoms with Crippen molar-refractivity contribution in [2.24, 2.45) is 0 Å². The number of hydrazine groups is 1. The first kappa shape index (κ1) is 21.7. The van der Waals surface area contributed by atoms with Crippen LogP contribution < -0.4 is 10.2 Å². The monoisotopic (exact) mass is 442 g/mol. The van der Waals surface area contributed by atoms with E-state index in [1.54, 1.807) is 6.07 Å². The lowest BCUT2D eigenvalue weighted by molar-refractivity contribution is 0.163. The van der Waals surface area contributed by atoms with Crippen LogP contribution in [0, 0.1) is 5.82 Å². The van der Waals surface area contributed by atoms with Crippen LogP contribution in [-0.2, 0) is 6.54 Å². The summed E-state index contributed by atoms with van der Waals surface area (Å²) in [6.45, 7) is 5.74. The second-order valence-electron chi connectivity index (χ2n) is 8.06. The summed E-state index contributed by atoms with van der Waals surface area (Å²) in [6.07, 6.45) is 4.24. The number of methoxy groups -OCH3 is 1. The number of halogens is 2. The number of nitrogens with one attached hydrogen (secondary N) is 1. The van der Waals surface area contributed by atoms with Gasteiger partial charge in [0.1, 0.15) is 0 Å². The van der Waals surface area contributed by atoms with E-state index < -0.39 is 0 Å². The van der Waals surface area contributed by atoms with Crippen molar-refractivity contribution >= 4 is 17.3 Å². The van der Waals surface area contributed by atoms with Crippen LogP contribution in [-0.4, -0.2) is 61.7 Å². The summed E-state index contributed by atoms with van der Waals surface area (Å²) in [4.78, 5) is 4.81. The second kappa shape index (κ2) is 9.73. The number of benzene rings is 2. The Labute approximate surface area is 188 Å². The van der Waals surface area contributed by atoms with Gasteiger partial charge in [0.05, 0.1) is 19.4 Å². The van der Waals surface area contributed by atoms with Crippen molar-refractivity contribution in [3.05, 3.63) is 82.3 Å². The predicted octanol–water partition coefficient (Wildman–Crippen LogP) is 3.98. The van der Waals surface area contributed by atoms with Crippen LogP contribution in [0.1, 0.15) is 11.1 Å². The van der Waals surface area contributed by atoms with Crippen LogP contribution in [0.2, 0.25) is 5.02 Å². The van der Waals surface area contributed by atoms with Gasteiger partial charge in [-0.05, 0) is 54.6 Å². The number of nitrogens with zero attached hydrogens (tertiary/aromatic N) is 3. The molecule has 1 N–H and O–H groups in total. The van der Waals surface area contributed by atoms with Crippen molar-refractivity contribution in [3.8, 4) is 5.75 Å². The summed E-state index contributed by atoms with van der Waals surface area (Å²) in [7, 11) is 3.63. The highest BCUT2D eigenvalue weighted by Crippen LogP contribution is 2.25. The fourth-order valence-electron chi connectivity index (χ4n) is 3.85. The normalized spacial score (nSPS) is 17.7. The van der Waals surface area contributed by atoms with Crippen LogP contribution in [0.3, 0.4) is 0 Å². The van der Waals surface area contributed by atoms with Gasteiger partial charge in [0.2, 0.25) is 0 Å². The van der Waals surface area contributed by atoms with E-state index in [9.17, 15) is 4.39 Å². The van der Waals surface area contributed by atoms with E-state index in [1.807, 2.05) is 35.3 Å². The summed E-state index contributed by atoms with van der Waals surface area (Å²) in [6, 6.07) is 12.9. The number of likely N-dealkylation sites (N-methyl/N-ethyl adjacent to an activating group) is 1. The molecule has 0 aliphatic carbocycles. The lowest BCUT2D eigenvalue weighted by Crippen LogP contribution is -2.45. The second-order valence-corrected chi connectivity index (χ2v) is 8.49. The minimum Gasteiger partial charge on any atom is -0.494 e. The van der Waals surface area contributed by atoms with Crippen molar-refractivity contribution in [2.45, 2.75) is 6.54 Å². The van der Waals surface area contributed by atoms with Crippen molar-refractivity contribution < 1.29 is 9.13 Å². The highest BCUT2D eigenvalue weighted by molar-refractivity contribution is 6.30. The molecular formula is C24H28ClFN4O. The van der Waals surface area contributed by atoms with E-state index >= 15 is 0 Å². The SMILES string of the molecule is COc1ccc(C2=CC(CN3CCN(C)CC3)=CN(Cc3ccc(Cl)cc3)N2)cc1F. The first-order valence-electron chi connectivity index (χ1n) is 10.4. The molecule has 2 aliphatic heterocycles. The molecule has 0 amide bonds. The summed E-state index contributed by atoms with van der Waals surface area (Å²) < 4.78 is 19.4. The van der Waals surface area contributed by atoms with E-state index in [2.05, 4.69) is 34.5 Å². The molecule has 0 radical (unpaired) electrons. The number of rotatable bonds is 6. The summed E-state index contributed by atoms with van der Waals surface area (Å²) in [5.41, 5.74) is 7.38. The van der Waals surface area contributed by atoms with Gasteiger partial charge in [-0.15, -0.1) is 0 Å². The molecule has 0 bridgehead atoms. The fraction of sp³-hybridized carbons (Fsp3) is 0.333. The van der Waals surface area contributed by atoms with Crippen LogP contribution in [0.4, 0.5) is 4.39 Å². The maximum Gasteiger partial charge on any atom is 0.165 e. The van der Waals surface area contributed by atoms with E-state index in [4.69, 9.17) is 16.3 Å². The third kappa shape index (κ3) is 5.58. The van der Waals surface area contributed by atoms with Crippen molar-refractivity contribution in [2.75, 3.05) is 46.9 Å². The molecule has 7 heteroatoms. The minimum atomic E-state index is -0.373. The van der Waals surface area contributed by atoms with E-state index in [1.165, 1.54) is 18.7 Å². The molecule has 0 aromatic heterocycles. The molecule has 1 fully saturated rings. The van der Waals surface area contributed by atoms with Gasteiger partial charge in [0.25, 0.3) is 0 Å². The van der Waals surface area contributed by atoms with Gasteiger partial charge >= 0.3 is 0 Å². The molecule has 5 nitrogen and oxygen atoms in total. The Bertz CT molecular complexity index is 968. The Hall–Kier alpha value is -2.54. The molecule has 164 valence electrons. The fourth-order valence-corrected chi connectivity index (χ4v) is 3.97. The molecule has 0 saturated carbocycles. The van der Waals surface area contributed by atoms with E-state index in [0.29, 0.717) is 6.54 Å². The Morgan fingerprint density at radius 1 is 1.03 bits per heavy atom. The average molecular weight is 443 g/mol. The van der Waals surface area contributed by atoms with Gasteiger partial charge in [-0.3, -0.25) is 15.3 Å². The molecule has 0 spiro atoms. The standard InChI is InChI=1S/C24H28ClFN4O/c1-28-9-11-29(12-10-28)15-19-13-23(20-5-8-24(31-2)22(26)14-20)27-30(17-19)16-18-3-6-21(25)7-4-18/h3-8,13-14,17,27H,9-12,15-16H2,1-2H3. The van der Waals surface area contributed by atoms with E-state index in [-0.39, 0.29) is 11.6 Å². The van der Waals surface area contributed by atoms with Crippen LogP contribution >= 0.6 is 11.6 Å². The number of hydrogen-bond donors (Lipinski definition) is 1. The number of hydrogen-bond acceptors (Lipinski definition) is 5. The van der Waals surface area contributed by atoms with Gasteiger partial charge in [0.15, 0.2) is 11.6 Å². The molecular weight excluding hydrogens is 415 g/mol. The van der Waals surface area contributed by atoms with Gasteiger partial charge in [-0.1, -0.05) is 23.7 Å². The van der Waals surface area contributed by atoms with Gasteiger partial charge in [-0.25, -0.2) is 4.39 Å². The predicted molar refractivity (Wildman–Crippen MR) is 123 cm³/mol. The zero-order valence-corrected chi connectivity index (χ0v) is 18.7. The lowest BCUT2D eigenvalue weighted by Gasteiger charge is -2.35. The van der Waals surface area contributed by atoms with Gasteiger partial charge in [-0.2, -0.15) is 0 Å². The minimum absolute atomic E-state index is 0.242. The summed E-state index contributed by atoms with van der Waals surface area (Å²) >= 11 is 6.03. The number of ether oxygens (including phenoxy) is 1. The molecule has 0 atom stereocenters. The topological polar surface area (TPSA) is 31.0 Å². The van der Waals surface area contributed by atoms with Crippen molar-refractivity contribution in [3.63, 3.8) is 0 Å². The summed E-state index contributed by atoms with van der Waals surface area (Å²) in [5, 5.41) is 2.77. The Balaban J connectivity index is 1.57. The smallest absolute Gasteiger partial charge is 0.165 e. The molecule has 2 heterocycles. The van der Waals surface area contributed by atoms with Gasteiger partial charge in [0, 0.05) is 49.5 Å². The number of piperazine rings is 1. The first-order chi connectivity index (χ1) is 15.0. The van der Waals surface area contributed by atoms with Crippen LogP contribution in [0.15, 0.2) is 60.3 Å². The van der Waals surface area contributed by atoms with Crippen molar-refractivity contribution in [1.82, 2.24) is 20.2 Å². The molecule has 2 aromatic rings. The molecule has 31 heavy (non-hydrogen) atoms. The Morgan fingerprint density at radius 3 is 2.45 bits per heavy atom. The molecule has 0 unspecified atom stereocenters. The highest BCUT2D eigenvalue weighted by Gasteiger charge is 2.19. The lowest BCUT2D eigenvalue weighted by atomic mass is 10.1. The zero-order chi connectivity index (χ0) is 21.8. The quantitative estimate of drug-likeness (QED) is 0.731.